The lowest BCUT2D eigenvalue weighted by Gasteiger charge is -2.07. The van der Waals surface area contributed by atoms with Crippen LogP contribution in [0.2, 0.25) is 0 Å². The van der Waals surface area contributed by atoms with Gasteiger partial charge < -0.3 is 15.3 Å². The van der Waals surface area contributed by atoms with E-state index in [0.717, 1.165) is 5.56 Å². The van der Waals surface area contributed by atoms with Crippen LogP contribution in [0, 0.1) is 0 Å². The van der Waals surface area contributed by atoms with E-state index in [9.17, 15) is 15.3 Å². The molecule has 0 saturated heterocycles. The van der Waals surface area contributed by atoms with Crippen LogP contribution in [0.5, 0.6) is 17.2 Å². The van der Waals surface area contributed by atoms with Gasteiger partial charge in [-0.05, 0) is 60.7 Å². The zero-order chi connectivity index (χ0) is 18.1. The lowest BCUT2D eigenvalue weighted by atomic mass is 10.1. The summed E-state index contributed by atoms with van der Waals surface area (Å²) >= 11 is 0. The van der Waals surface area contributed by atoms with Crippen LogP contribution < -0.4 is 0 Å². The number of phenols is 3. The second kappa shape index (κ2) is 6.25. The van der Waals surface area contributed by atoms with Crippen LogP contribution in [0.4, 0.5) is 0 Å². The number of benzene rings is 2. The summed E-state index contributed by atoms with van der Waals surface area (Å²) in [5.41, 5.74) is 2.92. The van der Waals surface area contributed by atoms with Gasteiger partial charge >= 0.3 is 0 Å². The molecule has 0 aliphatic heterocycles. The smallest absolute Gasteiger partial charge is 0.158 e. The molecule has 0 amide bonds. The molecule has 6 nitrogen and oxygen atoms in total. The van der Waals surface area contributed by atoms with Crippen LogP contribution in [-0.4, -0.2) is 30.1 Å². The van der Waals surface area contributed by atoms with Gasteiger partial charge in [0, 0.05) is 17.3 Å². The van der Waals surface area contributed by atoms with E-state index in [1.165, 1.54) is 12.1 Å². The number of pyridine rings is 1. The molecule has 4 aromatic rings. The SMILES string of the molecule is Oc1ccc(-c2cc(-c3ccc(O)c(O)c3)n(-c3ccccn3)n2)cc1. The Labute approximate surface area is 149 Å². The summed E-state index contributed by atoms with van der Waals surface area (Å²) in [6, 6.07) is 18.7. The van der Waals surface area contributed by atoms with Crippen molar-refractivity contribution in [3.63, 3.8) is 0 Å². The lowest BCUT2D eigenvalue weighted by Crippen LogP contribution is -2.01. The number of nitrogens with zero attached hydrogens (tertiary/aromatic N) is 3. The molecule has 0 fully saturated rings. The molecular formula is C20H15N3O3. The van der Waals surface area contributed by atoms with Crippen molar-refractivity contribution in [2.75, 3.05) is 0 Å². The van der Waals surface area contributed by atoms with Crippen LogP contribution in [0.3, 0.4) is 0 Å². The minimum absolute atomic E-state index is 0.182. The zero-order valence-electron chi connectivity index (χ0n) is 13.6. The van der Waals surface area contributed by atoms with Crippen molar-refractivity contribution in [3.8, 4) is 45.6 Å². The van der Waals surface area contributed by atoms with Crippen LogP contribution in [0.25, 0.3) is 28.3 Å². The molecule has 0 aliphatic rings. The summed E-state index contributed by atoms with van der Waals surface area (Å²) in [4.78, 5) is 4.34. The Hall–Kier alpha value is -3.80. The minimum Gasteiger partial charge on any atom is -0.508 e. The Bertz CT molecular complexity index is 1060. The van der Waals surface area contributed by atoms with Crippen LogP contribution in [0.1, 0.15) is 0 Å². The van der Waals surface area contributed by atoms with Crippen LogP contribution in [-0.2, 0) is 0 Å². The average Bonchev–Trinajstić information content (AvgIpc) is 3.11. The third-order valence-electron chi connectivity index (χ3n) is 4.01. The zero-order valence-corrected chi connectivity index (χ0v) is 13.6. The van der Waals surface area contributed by atoms with Gasteiger partial charge in [-0.25, -0.2) is 9.67 Å². The standard InChI is InChI=1S/C20H15N3O3/c24-15-7-4-13(5-8-15)16-12-17(14-6-9-18(25)19(26)11-14)23(22-16)20-3-1-2-10-21-20/h1-12,24-26H. The molecule has 26 heavy (non-hydrogen) atoms. The Morgan fingerprint density at radius 2 is 1.50 bits per heavy atom. The Morgan fingerprint density at radius 1 is 0.731 bits per heavy atom. The second-order valence-corrected chi connectivity index (χ2v) is 5.76. The summed E-state index contributed by atoms with van der Waals surface area (Å²) in [5, 5.41) is 33.6. The summed E-state index contributed by atoms with van der Waals surface area (Å²) < 4.78 is 1.67. The highest BCUT2D eigenvalue weighted by molar-refractivity contribution is 5.72. The van der Waals surface area contributed by atoms with Gasteiger partial charge in [0.05, 0.1) is 11.4 Å². The lowest BCUT2D eigenvalue weighted by molar-refractivity contribution is 0.404. The highest BCUT2D eigenvalue weighted by Crippen LogP contribution is 2.33. The monoisotopic (exact) mass is 345 g/mol. The average molecular weight is 345 g/mol. The fourth-order valence-electron chi connectivity index (χ4n) is 2.70. The van der Waals surface area contributed by atoms with E-state index in [0.29, 0.717) is 22.8 Å². The molecule has 3 N–H and O–H groups in total. The Balaban J connectivity index is 1.90. The van der Waals surface area contributed by atoms with Crippen molar-refractivity contribution in [3.05, 3.63) is 72.9 Å². The highest BCUT2D eigenvalue weighted by atomic mass is 16.3. The summed E-state index contributed by atoms with van der Waals surface area (Å²) in [6.07, 6.45) is 1.68. The quantitative estimate of drug-likeness (QED) is 0.492. The van der Waals surface area contributed by atoms with Crippen molar-refractivity contribution in [1.82, 2.24) is 14.8 Å². The molecule has 0 radical (unpaired) electrons. The minimum atomic E-state index is -0.206. The molecule has 2 heterocycles. The number of aromatic nitrogens is 3. The molecule has 0 aliphatic carbocycles. The maximum atomic E-state index is 9.85. The third kappa shape index (κ3) is 2.84. The van der Waals surface area contributed by atoms with Gasteiger partial charge in [0.2, 0.25) is 0 Å². The van der Waals surface area contributed by atoms with E-state index in [1.54, 1.807) is 41.2 Å². The van der Waals surface area contributed by atoms with Crippen molar-refractivity contribution in [2.24, 2.45) is 0 Å². The van der Waals surface area contributed by atoms with Gasteiger partial charge in [-0.1, -0.05) is 6.07 Å². The van der Waals surface area contributed by atoms with Crippen molar-refractivity contribution >= 4 is 0 Å². The first-order valence-electron chi connectivity index (χ1n) is 7.95. The van der Waals surface area contributed by atoms with E-state index in [1.807, 2.05) is 24.3 Å². The third-order valence-corrected chi connectivity index (χ3v) is 4.01. The van der Waals surface area contributed by atoms with Crippen LogP contribution >= 0.6 is 0 Å². The van der Waals surface area contributed by atoms with Gasteiger partial charge in [-0.2, -0.15) is 5.10 Å². The number of phenolic OH excluding ortho intramolecular Hbond substituents is 3. The molecule has 0 saturated carbocycles. The molecule has 0 spiro atoms. The highest BCUT2D eigenvalue weighted by Gasteiger charge is 2.15. The van der Waals surface area contributed by atoms with E-state index in [2.05, 4.69) is 10.1 Å². The maximum absolute atomic E-state index is 9.85. The van der Waals surface area contributed by atoms with E-state index in [-0.39, 0.29) is 17.2 Å². The fourth-order valence-corrected chi connectivity index (χ4v) is 2.70. The summed E-state index contributed by atoms with van der Waals surface area (Å²) in [6.45, 7) is 0. The van der Waals surface area contributed by atoms with Crippen molar-refractivity contribution in [1.29, 1.82) is 0 Å². The Kier molecular flexibility index (Phi) is 3.78. The molecule has 4 rings (SSSR count). The molecule has 2 aromatic heterocycles. The Morgan fingerprint density at radius 3 is 2.19 bits per heavy atom. The molecule has 6 heteroatoms. The van der Waals surface area contributed by atoms with E-state index in [4.69, 9.17) is 0 Å². The molecule has 0 unspecified atom stereocenters. The fraction of sp³-hybridized carbons (Fsp3) is 0. The summed E-state index contributed by atoms with van der Waals surface area (Å²) in [7, 11) is 0. The molecule has 0 atom stereocenters. The van der Waals surface area contributed by atoms with E-state index >= 15 is 0 Å². The number of aromatic hydroxyl groups is 3. The molecule has 2 aromatic carbocycles. The first-order chi connectivity index (χ1) is 12.6. The largest absolute Gasteiger partial charge is 0.508 e. The predicted molar refractivity (Wildman–Crippen MR) is 97.2 cm³/mol. The van der Waals surface area contributed by atoms with E-state index < -0.39 is 0 Å². The van der Waals surface area contributed by atoms with Gasteiger partial charge in [-0.3, -0.25) is 0 Å². The first-order valence-corrected chi connectivity index (χ1v) is 7.95. The number of hydrogen-bond acceptors (Lipinski definition) is 5. The summed E-state index contributed by atoms with van der Waals surface area (Å²) in [5.74, 6) is 0.417. The molecule has 128 valence electrons. The maximum Gasteiger partial charge on any atom is 0.158 e. The topological polar surface area (TPSA) is 91.4 Å². The van der Waals surface area contributed by atoms with Crippen molar-refractivity contribution < 1.29 is 15.3 Å². The number of hydrogen-bond donors (Lipinski definition) is 3. The normalized spacial score (nSPS) is 10.8. The molecular weight excluding hydrogens is 330 g/mol. The van der Waals surface area contributed by atoms with Gasteiger partial charge in [0.15, 0.2) is 17.3 Å². The predicted octanol–water partition coefficient (Wildman–Crippen LogP) is 3.72. The second-order valence-electron chi connectivity index (χ2n) is 5.76. The van der Waals surface area contributed by atoms with Gasteiger partial charge in [-0.15, -0.1) is 0 Å². The van der Waals surface area contributed by atoms with Gasteiger partial charge in [0.1, 0.15) is 5.75 Å². The molecule has 0 bridgehead atoms. The van der Waals surface area contributed by atoms with Crippen molar-refractivity contribution in [2.45, 2.75) is 0 Å². The van der Waals surface area contributed by atoms with Crippen LogP contribution in [0.15, 0.2) is 72.9 Å². The first kappa shape index (κ1) is 15.7. The van der Waals surface area contributed by atoms with Gasteiger partial charge in [0.25, 0.3) is 0 Å². The number of rotatable bonds is 3.